The smallest absolute Gasteiger partial charge is 0.227 e. The van der Waals surface area contributed by atoms with Gasteiger partial charge in [-0.1, -0.05) is 28.1 Å². The van der Waals surface area contributed by atoms with Gasteiger partial charge in [-0.15, -0.1) is 0 Å². The van der Waals surface area contributed by atoms with E-state index in [1.54, 1.807) is 7.11 Å². The van der Waals surface area contributed by atoms with E-state index in [0.29, 0.717) is 13.0 Å². The SMILES string of the molecule is COc1ccc(CN2C(=O)CCc3cc(Br)ccc32)cc1. The van der Waals surface area contributed by atoms with Crippen LogP contribution in [0.15, 0.2) is 46.9 Å². The normalized spacial score (nSPS) is 14.0. The van der Waals surface area contributed by atoms with Crippen molar-refractivity contribution < 1.29 is 9.53 Å². The molecule has 0 unspecified atom stereocenters. The van der Waals surface area contributed by atoms with Crippen LogP contribution in [0.25, 0.3) is 0 Å². The van der Waals surface area contributed by atoms with Crippen LogP contribution in [-0.4, -0.2) is 13.0 Å². The van der Waals surface area contributed by atoms with E-state index < -0.39 is 0 Å². The van der Waals surface area contributed by atoms with Crippen molar-refractivity contribution >= 4 is 27.5 Å². The Labute approximate surface area is 132 Å². The number of halogens is 1. The molecule has 0 aliphatic carbocycles. The van der Waals surface area contributed by atoms with Gasteiger partial charge in [0.25, 0.3) is 0 Å². The molecule has 1 amide bonds. The van der Waals surface area contributed by atoms with Crippen molar-refractivity contribution in [3.8, 4) is 5.75 Å². The number of amides is 1. The molecule has 3 rings (SSSR count). The third-order valence-electron chi connectivity index (χ3n) is 3.74. The molecule has 0 saturated carbocycles. The first-order chi connectivity index (χ1) is 10.2. The van der Waals surface area contributed by atoms with Gasteiger partial charge in [-0.3, -0.25) is 4.79 Å². The number of aryl methyl sites for hydroxylation is 1. The van der Waals surface area contributed by atoms with E-state index in [4.69, 9.17) is 4.74 Å². The van der Waals surface area contributed by atoms with Gasteiger partial charge in [-0.05, 0) is 47.9 Å². The number of benzene rings is 2. The fourth-order valence-electron chi connectivity index (χ4n) is 2.62. The molecule has 4 heteroatoms. The summed E-state index contributed by atoms with van der Waals surface area (Å²) in [6.45, 7) is 0.595. The zero-order valence-electron chi connectivity index (χ0n) is 11.8. The van der Waals surface area contributed by atoms with Gasteiger partial charge in [0.1, 0.15) is 5.75 Å². The van der Waals surface area contributed by atoms with E-state index in [2.05, 4.69) is 22.0 Å². The van der Waals surface area contributed by atoms with Crippen LogP contribution in [-0.2, 0) is 17.8 Å². The van der Waals surface area contributed by atoms with Crippen LogP contribution in [0.1, 0.15) is 17.5 Å². The molecule has 2 aromatic rings. The number of carbonyl (C=O) groups is 1. The maximum Gasteiger partial charge on any atom is 0.227 e. The number of anilines is 1. The second kappa shape index (κ2) is 5.90. The lowest BCUT2D eigenvalue weighted by molar-refractivity contribution is -0.119. The predicted octanol–water partition coefficient (Wildman–Crippen LogP) is 3.94. The Hall–Kier alpha value is -1.81. The highest BCUT2D eigenvalue weighted by atomic mass is 79.9. The Morgan fingerprint density at radius 1 is 1.14 bits per heavy atom. The molecule has 1 aliphatic rings. The molecule has 0 saturated heterocycles. The molecule has 0 aromatic heterocycles. The molecular weight excluding hydrogens is 330 g/mol. The van der Waals surface area contributed by atoms with Crippen molar-refractivity contribution in [1.82, 2.24) is 0 Å². The number of nitrogens with zero attached hydrogens (tertiary/aromatic N) is 1. The lowest BCUT2D eigenvalue weighted by Crippen LogP contribution is -2.34. The summed E-state index contributed by atoms with van der Waals surface area (Å²) in [5.41, 5.74) is 3.34. The van der Waals surface area contributed by atoms with Gasteiger partial charge in [-0.2, -0.15) is 0 Å². The van der Waals surface area contributed by atoms with Crippen LogP contribution in [0.5, 0.6) is 5.75 Å². The zero-order valence-corrected chi connectivity index (χ0v) is 13.4. The lowest BCUT2D eigenvalue weighted by Gasteiger charge is -2.29. The van der Waals surface area contributed by atoms with Gasteiger partial charge in [0, 0.05) is 16.6 Å². The van der Waals surface area contributed by atoms with Gasteiger partial charge >= 0.3 is 0 Å². The number of rotatable bonds is 3. The minimum Gasteiger partial charge on any atom is -0.497 e. The molecule has 0 radical (unpaired) electrons. The number of carbonyl (C=O) groups excluding carboxylic acids is 1. The number of fused-ring (bicyclic) bond motifs is 1. The topological polar surface area (TPSA) is 29.5 Å². The summed E-state index contributed by atoms with van der Waals surface area (Å²) in [7, 11) is 1.65. The van der Waals surface area contributed by atoms with Crippen molar-refractivity contribution in [3.05, 3.63) is 58.1 Å². The third-order valence-corrected chi connectivity index (χ3v) is 4.23. The maximum atomic E-state index is 12.3. The number of methoxy groups -OCH3 is 1. The van der Waals surface area contributed by atoms with E-state index in [1.807, 2.05) is 41.3 Å². The molecule has 1 heterocycles. The van der Waals surface area contributed by atoms with E-state index in [1.165, 1.54) is 5.56 Å². The van der Waals surface area contributed by atoms with E-state index in [0.717, 1.165) is 27.9 Å². The van der Waals surface area contributed by atoms with Crippen LogP contribution >= 0.6 is 15.9 Å². The minimum atomic E-state index is 0.181. The average molecular weight is 346 g/mol. The molecular formula is C17H16BrNO2. The largest absolute Gasteiger partial charge is 0.497 e. The Morgan fingerprint density at radius 3 is 2.62 bits per heavy atom. The summed E-state index contributed by atoms with van der Waals surface area (Å²) in [6.07, 6.45) is 1.38. The fraction of sp³-hybridized carbons (Fsp3) is 0.235. The van der Waals surface area contributed by atoms with Crippen molar-refractivity contribution in [2.75, 3.05) is 12.0 Å². The highest BCUT2D eigenvalue weighted by Crippen LogP contribution is 2.31. The van der Waals surface area contributed by atoms with Gasteiger partial charge in [0.15, 0.2) is 0 Å². The molecule has 2 aromatic carbocycles. The van der Waals surface area contributed by atoms with Gasteiger partial charge in [0.05, 0.1) is 13.7 Å². The summed E-state index contributed by atoms with van der Waals surface area (Å²) in [5.74, 6) is 1.01. The summed E-state index contributed by atoms with van der Waals surface area (Å²) in [5, 5.41) is 0. The first kappa shape index (κ1) is 14.1. The highest BCUT2D eigenvalue weighted by Gasteiger charge is 2.24. The van der Waals surface area contributed by atoms with Crippen molar-refractivity contribution in [1.29, 1.82) is 0 Å². The summed E-state index contributed by atoms with van der Waals surface area (Å²) in [6, 6.07) is 13.9. The van der Waals surface area contributed by atoms with Crippen LogP contribution in [0.2, 0.25) is 0 Å². The fourth-order valence-corrected chi connectivity index (χ4v) is 3.02. The molecule has 0 N–H and O–H groups in total. The average Bonchev–Trinajstić information content (AvgIpc) is 2.51. The van der Waals surface area contributed by atoms with Crippen LogP contribution in [0.4, 0.5) is 5.69 Å². The van der Waals surface area contributed by atoms with Gasteiger partial charge < -0.3 is 9.64 Å². The quantitative estimate of drug-likeness (QED) is 0.843. The van der Waals surface area contributed by atoms with Gasteiger partial charge in [0.2, 0.25) is 5.91 Å². The Morgan fingerprint density at radius 2 is 1.90 bits per heavy atom. The van der Waals surface area contributed by atoms with Crippen LogP contribution < -0.4 is 9.64 Å². The molecule has 0 bridgehead atoms. The van der Waals surface area contributed by atoms with Crippen molar-refractivity contribution in [3.63, 3.8) is 0 Å². The van der Waals surface area contributed by atoms with Gasteiger partial charge in [-0.25, -0.2) is 0 Å². The Kier molecular flexibility index (Phi) is 3.97. The Bertz CT molecular complexity index is 667. The van der Waals surface area contributed by atoms with Crippen LogP contribution in [0, 0.1) is 0 Å². The maximum absolute atomic E-state index is 12.3. The number of hydrogen-bond donors (Lipinski definition) is 0. The predicted molar refractivity (Wildman–Crippen MR) is 86.6 cm³/mol. The summed E-state index contributed by atoms with van der Waals surface area (Å²) >= 11 is 3.49. The summed E-state index contributed by atoms with van der Waals surface area (Å²) < 4.78 is 6.22. The molecule has 21 heavy (non-hydrogen) atoms. The second-order valence-corrected chi connectivity index (χ2v) is 6.02. The molecule has 0 atom stereocenters. The second-order valence-electron chi connectivity index (χ2n) is 5.10. The molecule has 108 valence electrons. The van der Waals surface area contributed by atoms with Crippen LogP contribution in [0.3, 0.4) is 0 Å². The third kappa shape index (κ3) is 2.95. The first-order valence-corrected chi connectivity index (χ1v) is 7.68. The molecule has 1 aliphatic heterocycles. The van der Waals surface area contributed by atoms with Crippen molar-refractivity contribution in [2.45, 2.75) is 19.4 Å². The van der Waals surface area contributed by atoms with Crippen molar-refractivity contribution in [2.24, 2.45) is 0 Å². The number of hydrogen-bond acceptors (Lipinski definition) is 2. The zero-order chi connectivity index (χ0) is 14.8. The molecule has 0 spiro atoms. The monoisotopic (exact) mass is 345 g/mol. The lowest BCUT2D eigenvalue weighted by atomic mass is 10.0. The summed E-state index contributed by atoms with van der Waals surface area (Å²) in [4.78, 5) is 14.1. The Balaban J connectivity index is 1.89. The minimum absolute atomic E-state index is 0.181. The highest BCUT2D eigenvalue weighted by molar-refractivity contribution is 9.10. The standard InChI is InChI=1S/C17H16BrNO2/c1-21-15-6-2-12(3-7-15)11-19-16-8-5-14(18)10-13(16)4-9-17(19)20/h2-3,5-8,10H,4,9,11H2,1H3. The number of ether oxygens (including phenoxy) is 1. The first-order valence-electron chi connectivity index (χ1n) is 6.89. The van der Waals surface area contributed by atoms with E-state index in [-0.39, 0.29) is 5.91 Å². The van der Waals surface area contributed by atoms with E-state index >= 15 is 0 Å². The van der Waals surface area contributed by atoms with E-state index in [9.17, 15) is 4.79 Å². The molecule has 3 nitrogen and oxygen atoms in total. The molecule has 0 fully saturated rings.